The first-order valence-electron chi connectivity index (χ1n) is 9.84. The number of fused-ring (bicyclic) bond motifs is 1. The van der Waals surface area contributed by atoms with Gasteiger partial charge in [-0.25, -0.2) is 4.79 Å². The largest absolute Gasteiger partial charge is 0.461 e. The Morgan fingerprint density at radius 3 is 2.65 bits per heavy atom. The summed E-state index contributed by atoms with van der Waals surface area (Å²) < 4.78 is 6.15. The molecule has 12 heteroatoms. The summed E-state index contributed by atoms with van der Waals surface area (Å²) in [4.78, 5) is 49.3. The average Bonchev–Trinajstić information content (AvgIpc) is 3.24. The second-order valence-electron chi connectivity index (χ2n) is 6.85. The smallest absolute Gasteiger partial charge is 0.359 e. The highest BCUT2D eigenvalue weighted by atomic mass is 35.5. The fraction of sp³-hybridized carbons (Fsp3) is 0.0909. The van der Waals surface area contributed by atoms with E-state index in [4.69, 9.17) is 16.3 Å². The van der Waals surface area contributed by atoms with E-state index in [1.807, 2.05) is 0 Å². The molecule has 10 nitrogen and oxygen atoms in total. The number of anilines is 1. The number of hydrogen-bond acceptors (Lipinski definition) is 8. The van der Waals surface area contributed by atoms with Crippen LogP contribution in [-0.4, -0.2) is 33.2 Å². The Kier molecular flexibility index (Phi) is 6.39. The van der Waals surface area contributed by atoms with Crippen LogP contribution in [0.3, 0.4) is 0 Å². The molecule has 0 bridgehead atoms. The van der Waals surface area contributed by atoms with Crippen molar-refractivity contribution >= 4 is 56.3 Å². The number of non-ortho nitro benzene ring substituents is 1. The Morgan fingerprint density at radius 2 is 1.97 bits per heavy atom. The predicted molar refractivity (Wildman–Crippen MR) is 127 cm³/mol. The topological polar surface area (TPSA) is 133 Å². The molecule has 0 fully saturated rings. The van der Waals surface area contributed by atoms with Gasteiger partial charge in [-0.1, -0.05) is 29.8 Å². The van der Waals surface area contributed by atoms with Crippen LogP contribution in [0.1, 0.15) is 27.8 Å². The Bertz CT molecular complexity index is 1500. The van der Waals surface area contributed by atoms with Gasteiger partial charge in [0.2, 0.25) is 0 Å². The number of nitro groups is 1. The number of carbonyl (C=O) groups is 2. The Hall–Kier alpha value is -4.09. The van der Waals surface area contributed by atoms with Crippen molar-refractivity contribution in [3.63, 3.8) is 0 Å². The third kappa shape index (κ3) is 4.26. The first-order chi connectivity index (χ1) is 16.3. The predicted octanol–water partition coefficient (Wildman–Crippen LogP) is 4.44. The quantitative estimate of drug-likeness (QED) is 0.236. The third-order valence-electron chi connectivity index (χ3n) is 4.75. The molecule has 0 aliphatic heterocycles. The maximum Gasteiger partial charge on any atom is 0.359 e. The number of nitrogens with one attached hydrogen (secondary N) is 1. The van der Waals surface area contributed by atoms with E-state index in [-0.39, 0.29) is 44.3 Å². The molecule has 0 radical (unpaired) electrons. The van der Waals surface area contributed by atoms with Crippen LogP contribution < -0.4 is 10.9 Å². The zero-order valence-corrected chi connectivity index (χ0v) is 19.1. The molecule has 0 spiro atoms. The lowest BCUT2D eigenvalue weighted by Gasteiger charge is -2.10. The van der Waals surface area contributed by atoms with Crippen LogP contribution in [0.25, 0.3) is 16.5 Å². The van der Waals surface area contributed by atoms with Crippen molar-refractivity contribution < 1.29 is 19.2 Å². The Labute approximate surface area is 200 Å². The normalized spacial score (nSPS) is 10.8. The van der Waals surface area contributed by atoms with Gasteiger partial charge in [0.1, 0.15) is 5.00 Å². The van der Waals surface area contributed by atoms with Crippen molar-refractivity contribution in [1.82, 2.24) is 9.78 Å². The minimum absolute atomic E-state index is 0.000428. The van der Waals surface area contributed by atoms with Crippen molar-refractivity contribution in [2.75, 3.05) is 11.9 Å². The molecule has 0 aliphatic rings. The van der Waals surface area contributed by atoms with Crippen molar-refractivity contribution in [3.8, 4) is 5.69 Å². The number of ether oxygens (including phenoxy) is 1. The molecule has 2 aromatic heterocycles. The summed E-state index contributed by atoms with van der Waals surface area (Å²) in [5, 5.41) is 19.8. The molecule has 0 saturated heterocycles. The maximum absolute atomic E-state index is 13.4. The number of thiophene rings is 1. The number of aromatic nitrogens is 2. The maximum atomic E-state index is 13.4. The summed E-state index contributed by atoms with van der Waals surface area (Å²) in [6.45, 7) is 1.75. The molecular formula is C22H15ClN4O6S. The van der Waals surface area contributed by atoms with E-state index in [9.17, 15) is 24.5 Å². The SMILES string of the molecule is CCOC(=O)c1nn(-c2ccccc2)c(=O)c2c(NC(=O)c3cc([N+](=O)[O-])ccc3Cl)scc12. The highest BCUT2D eigenvalue weighted by Gasteiger charge is 2.24. The van der Waals surface area contributed by atoms with Gasteiger partial charge in [0.25, 0.3) is 17.2 Å². The molecule has 4 aromatic rings. The number of esters is 1. The van der Waals surface area contributed by atoms with Gasteiger partial charge in [0.15, 0.2) is 5.69 Å². The van der Waals surface area contributed by atoms with Crippen LogP contribution in [0.4, 0.5) is 10.7 Å². The Balaban J connectivity index is 1.87. The van der Waals surface area contributed by atoms with Crippen LogP contribution in [0.2, 0.25) is 5.02 Å². The lowest BCUT2D eigenvalue weighted by molar-refractivity contribution is -0.384. The monoisotopic (exact) mass is 498 g/mol. The van der Waals surface area contributed by atoms with Crippen molar-refractivity contribution in [2.24, 2.45) is 0 Å². The second-order valence-corrected chi connectivity index (χ2v) is 8.14. The number of carbonyl (C=O) groups excluding carboxylic acids is 2. The third-order valence-corrected chi connectivity index (χ3v) is 5.98. The first-order valence-corrected chi connectivity index (χ1v) is 11.1. The molecule has 2 heterocycles. The number of amides is 1. The molecule has 1 amide bonds. The molecule has 172 valence electrons. The average molecular weight is 499 g/mol. The standard InChI is InChI=1S/C22H15ClN4O6S/c1-2-33-22(30)18-15-11-34-20(17(15)21(29)26(25-18)12-6-4-3-5-7-12)24-19(28)14-10-13(27(31)32)8-9-16(14)23/h3-11H,2H2,1H3,(H,24,28). The van der Waals surface area contributed by atoms with Gasteiger partial charge in [0.05, 0.1) is 33.2 Å². The van der Waals surface area contributed by atoms with Gasteiger partial charge in [-0.2, -0.15) is 9.78 Å². The van der Waals surface area contributed by atoms with E-state index in [2.05, 4.69) is 10.4 Å². The van der Waals surface area contributed by atoms with Gasteiger partial charge in [-0.15, -0.1) is 11.3 Å². The summed E-state index contributed by atoms with van der Waals surface area (Å²) in [5.74, 6) is -1.48. The van der Waals surface area contributed by atoms with Crippen molar-refractivity contribution in [2.45, 2.75) is 6.92 Å². The zero-order valence-electron chi connectivity index (χ0n) is 17.5. The summed E-state index contributed by atoms with van der Waals surface area (Å²) in [5.41, 5.74) is -0.710. The number of nitro benzene ring substituents is 1. The molecule has 0 aliphatic carbocycles. The lowest BCUT2D eigenvalue weighted by Crippen LogP contribution is -2.25. The van der Waals surface area contributed by atoms with Crippen molar-refractivity contribution in [1.29, 1.82) is 0 Å². The highest BCUT2D eigenvalue weighted by Crippen LogP contribution is 2.32. The molecular weight excluding hydrogens is 484 g/mol. The number of rotatable bonds is 6. The van der Waals surface area contributed by atoms with Crippen LogP contribution in [0.15, 0.2) is 58.7 Å². The summed E-state index contributed by atoms with van der Waals surface area (Å²) in [6, 6.07) is 11.9. The number of nitrogens with zero attached hydrogens (tertiary/aromatic N) is 3. The fourth-order valence-corrected chi connectivity index (χ4v) is 4.34. The minimum atomic E-state index is -0.752. The van der Waals surface area contributed by atoms with Gasteiger partial charge in [-0.3, -0.25) is 19.7 Å². The fourth-order valence-electron chi connectivity index (χ4n) is 3.21. The van der Waals surface area contributed by atoms with Crippen LogP contribution in [0, 0.1) is 10.1 Å². The van der Waals surface area contributed by atoms with Gasteiger partial charge in [0, 0.05) is 22.9 Å². The van der Waals surface area contributed by atoms with Crippen LogP contribution in [-0.2, 0) is 4.74 Å². The van der Waals surface area contributed by atoms with Gasteiger partial charge < -0.3 is 10.1 Å². The molecule has 0 saturated carbocycles. The number of hydrogen-bond donors (Lipinski definition) is 1. The van der Waals surface area contributed by atoms with E-state index >= 15 is 0 Å². The van der Waals surface area contributed by atoms with Crippen LogP contribution in [0.5, 0.6) is 0 Å². The Morgan fingerprint density at radius 1 is 1.24 bits per heavy atom. The van der Waals surface area contributed by atoms with E-state index < -0.39 is 22.4 Å². The van der Waals surface area contributed by atoms with Crippen LogP contribution >= 0.6 is 22.9 Å². The molecule has 1 N–H and O–H groups in total. The number of halogens is 1. The van der Waals surface area contributed by atoms with Gasteiger partial charge >= 0.3 is 5.97 Å². The minimum Gasteiger partial charge on any atom is -0.461 e. The number of benzene rings is 2. The van der Waals surface area contributed by atoms with E-state index in [1.165, 1.54) is 17.5 Å². The number of para-hydroxylation sites is 1. The first kappa shape index (κ1) is 23.1. The molecule has 0 unspecified atom stereocenters. The lowest BCUT2D eigenvalue weighted by atomic mass is 10.2. The summed E-state index contributed by atoms with van der Waals surface area (Å²) in [6.07, 6.45) is 0. The van der Waals surface area contributed by atoms with E-state index in [0.29, 0.717) is 5.69 Å². The molecule has 34 heavy (non-hydrogen) atoms. The molecule has 0 atom stereocenters. The summed E-state index contributed by atoms with van der Waals surface area (Å²) in [7, 11) is 0. The molecule has 4 rings (SSSR count). The summed E-state index contributed by atoms with van der Waals surface area (Å²) >= 11 is 7.08. The zero-order chi connectivity index (χ0) is 24.4. The molecule has 2 aromatic carbocycles. The highest BCUT2D eigenvalue weighted by molar-refractivity contribution is 7.16. The van der Waals surface area contributed by atoms with E-state index in [0.717, 1.165) is 22.1 Å². The second kappa shape index (κ2) is 9.41. The van der Waals surface area contributed by atoms with E-state index in [1.54, 1.807) is 37.3 Å². The van der Waals surface area contributed by atoms with Crippen molar-refractivity contribution in [3.05, 3.63) is 90.7 Å². The van der Waals surface area contributed by atoms with Gasteiger partial charge in [-0.05, 0) is 25.1 Å².